The fraction of sp³-hybridized carbons (Fsp3) is 0.835. The maximum Gasteiger partial charge on any atom is 0.186 e. The lowest BCUT2D eigenvalue weighted by molar-refractivity contribution is -0.269. The van der Waals surface area contributed by atoms with Crippen molar-refractivity contribution in [3.05, 3.63) is 59.7 Å². The van der Waals surface area contributed by atoms with Crippen LogP contribution in [-0.2, 0) is 65.0 Å². The molecule has 0 saturated carbocycles. The quantitative estimate of drug-likeness (QED) is 0.0114. The van der Waals surface area contributed by atoms with Crippen LogP contribution < -0.4 is 10.5 Å². The third kappa shape index (κ3) is 42.8. The number of aliphatic hydroxyl groups is 26. The molecule has 10 rings (SSSR count). The number of ether oxygens (including phenoxy) is 11. The number of nitrogens with two attached hydrogens (primary N) is 1. The van der Waals surface area contributed by atoms with Crippen molar-refractivity contribution in [2.24, 2.45) is 10.9 Å². The molecule has 0 aliphatic carbocycles. The molecule has 8 heterocycles. The van der Waals surface area contributed by atoms with Gasteiger partial charge in [0.25, 0.3) is 0 Å². The number of nitrogens with zero attached hydrogens (tertiary/aromatic N) is 1. The second-order valence-electron chi connectivity index (χ2n) is 33.5. The number of thiol groups is 1. The summed E-state index contributed by atoms with van der Waals surface area (Å²) in [5.74, 6) is 0.434. The molecule has 0 bridgehead atoms. The molecule has 8 fully saturated rings. The summed E-state index contributed by atoms with van der Waals surface area (Å²) in [4.78, 5) is 5.88. The minimum Gasteiger partial charge on any atom is -0.504 e. The molecule has 748 valence electrons. The highest BCUT2D eigenvalue weighted by atomic mass is 32.1. The van der Waals surface area contributed by atoms with Crippen LogP contribution in [0, 0.1) is 0 Å². The van der Waals surface area contributed by atoms with Gasteiger partial charge in [-0.15, -0.1) is 0 Å². The Kier molecular flexibility index (Phi) is 58.4. The van der Waals surface area contributed by atoms with E-state index in [9.17, 15) is 112 Å². The summed E-state index contributed by atoms with van der Waals surface area (Å²) in [6.45, 7) is 16.6. The Bertz CT molecular complexity index is 3150. The predicted molar refractivity (Wildman–Crippen MR) is 466 cm³/mol. The molecule has 37 atom stereocenters. The van der Waals surface area contributed by atoms with Crippen LogP contribution in [0.5, 0.6) is 11.5 Å². The molecule has 8 saturated heterocycles. The molecule has 8 aliphatic heterocycles. The van der Waals surface area contributed by atoms with Crippen LogP contribution in [-0.4, -0.2) is 453 Å². The smallest absolute Gasteiger partial charge is 0.186 e. The summed E-state index contributed by atoms with van der Waals surface area (Å²) in [5, 5.41) is 259. The summed E-state index contributed by atoms with van der Waals surface area (Å²) in [7, 11) is 1.47. The number of phenolic OH excluding ortho intramolecular Hbond substituents is 1. The van der Waals surface area contributed by atoms with Crippen molar-refractivity contribution >= 4 is 35.4 Å². The van der Waals surface area contributed by atoms with Crippen molar-refractivity contribution < 1.29 is 195 Å². The SMILES string of the molecule is CC(=S)C[C@@H]1OC[C@@H](O)[C@H](O)[C@H]1O.CC(N)C[C@@H]1OC[C@@H](O)[C@H](O)[C@H]1O.CC(O)C[C@@H]1OC[C@@H](O)[C@H](O)[C@H]1O.CC(S)C[C@@H]1OC[C@@H](O)[C@H](O)[C@H]1O.CCCCCO/N=C(\C)C[C@@H]1OC[C@@H](O)[C@H](O)[C@H]1O.CCCOC(C)C[C@@H]1OC[C@@H](O)[C@H](O)[C@H]1O.COc1cc(CCC(O)CC2OC[C@@H](O)[C@H](O)[C@H]2O)ccc1O.O[C@H]1[C@H](O)COC(OCCc2ccccc2)[C@@H]1O. The van der Waals surface area contributed by atoms with Gasteiger partial charge in [-0.3, -0.25) is 0 Å². The molecule has 2 aromatic carbocycles. The van der Waals surface area contributed by atoms with Crippen molar-refractivity contribution in [2.45, 2.75) is 370 Å². The van der Waals surface area contributed by atoms with Gasteiger partial charge in [-0.1, -0.05) is 87.4 Å². The van der Waals surface area contributed by atoms with Gasteiger partial charge in [-0.2, -0.15) is 12.6 Å². The number of thiocarbonyl (C=S) groups is 1. The topological polar surface area (TPSA) is 695 Å². The molecule has 7 unspecified atom stereocenters. The van der Waals surface area contributed by atoms with Crippen LogP contribution in [0.25, 0.3) is 0 Å². The van der Waals surface area contributed by atoms with Crippen molar-refractivity contribution in [3.63, 3.8) is 0 Å². The first kappa shape index (κ1) is 119. The summed E-state index contributed by atoms with van der Waals surface area (Å²) in [6, 6.07) is 14.7. The zero-order chi connectivity index (χ0) is 96.4. The number of hydrogen-bond donors (Lipinski definition) is 29. The molecule has 2 aromatic rings. The minimum absolute atomic E-state index is 0.00435. The van der Waals surface area contributed by atoms with Crippen molar-refractivity contribution in [1.29, 1.82) is 0 Å². The Morgan fingerprint density at radius 3 is 1.22 bits per heavy atom. The number of rotatable bonds is 30. The lowest BCUT2D eigenvalue weighted by Crippen LogP contribution is -2.53. The molecule has 0 spiro atoms. The molecule has 0 radical (unpaired) electrons. The maximum atomic E-state index is 10.1. The Morgan fingerprint density at radius 1 is 0.438 bits per heavy atom. The summed E-state index contributed by atoms with van der Waals surface area (Å²) >= 11 is 9.03. The molecule has 8 aliphatic rings. The van der Waals surface area contributed by atoms with E-state index in [1.807, 2.05) is 51.1 Å². The minimum atomic E-state index is -1.26. The van der Waals surface area contributed by atoms with E-state index in [1.165, 1.54) is 13.2 Å². The third-order valence-electron chi connectivity index (χ3n) is 21.7. The number of hydrogen-bond acceptors (Lipinski definition) is 43. The third-order valence-corrected chi connectivity index (χ3v) is 22.1. The molecule has 0 aromatic heterocycles. The first-order chi connectivity index (χ1) is 60.3. The van der Waals surface area contributed by atoms with Gasteiger partial charge in [0.05, 0.1) is 133 Å². The summed E-state index contributed by atoms with van der Waals surface area (Å²) < 4.78 is 57.4. The van der Waals surface area contributed by atoms with Gasteiger partial charge >= 0.3 is 0 Å². The predicted octanol–water partition coefficient (Wildman–Crippen LogP) is -5.77. The van der Waals surface area contributed by atoms with Crippen LogP contribution in [0.4, 0.5) is 0 Å². The fourth-order valence-corrected chi connectivity index (χ4v) is 14.2. The number of aryl methyl sites for hydroxylation is 1. The van der Waals surface area contributed by atoms with E-state index in [1.54, 1.807) is 39.8 Å². The second-order valence-corrected chi connectivity index (χ2v) is 35.1. The number of unbranched alkanes of at least 4 members (excludes halogenated alkanes) is 2. The van der Waals surface area contributed by atoms with Gasteiger partial charge in [0.15, 0.2) is 17.8 Å². The molecule has 41 nitrogen and oxygen atoms in total. The molecular formula is C85H152N2O39S2. The van der Waals surface area contributed by atoms with Gasteiger partial charge in [-0.05, 0) is 108 Å². The average Bonchev–Trinajstić information content (AvgIpc) is 0.916. The van der Waals surface area contributed by atoms with Crippen LogP contribution >= 0.6 is 24.8 Å². The number of aromatic hydroxyl groups is 1. The van der Waals surface area contributed by atoms with E-state index in [0.717, 1.165) is 36.8 Å². The highest BCUT2D eigenvalue weighted by molar-refractivity contribution is 7.81. The Balaban J connectivity index is 0.000000380. The Morgan fingerprint density at radius 2 is 0.820 bits per heavy atom. The first-order valence-corrected chi connectivity index (χ1v) is 44.6. The van der Waals surface area contributed by atoms with E-state index in [-0.39, 0.29) is 88.8 Å². The second kappa shape index (κ2) is 63.0. The zero-order valence-corrected chi connectivity index (χ0v) is 76.2. The highest BCUT2D eigenvalue weighted by Gasteiger charge is 2.45. The normalized spacial score (nSPS) is 36.5. The van der Waals surface area contributed by atoms with Crippen molar-refractivity contribution in [1.82, 2.24) is 0 Å². The summed E-state index contributed by atoms with van der Waals surface area (Å²) in [5.41, 5.74) is 8.26. The number of benzene rings is 2. The van der Waals surface area contributed by atoms with Crippen LogP contribution in [0.3, 0.4) is 0 Å². The largest absolute Gasteiger partial charge is 0.504 e. The van der Waals surface area contributed by atoms with E-state index < -0.39 is 208 Å². The van der Waals surface area contributed by atoms with Gasteiger partial charge in [0.1, 0.15) is 153 Å². The molecule has 128 heavy (non-hydrogen) atoms. The molecule has 0 amide bonds. The van der Waals surface area contributed by atoms with Gasteiger partial charge in [-0.25, -0.2) is 0 Å². The van der Waals surface area contributed by atoms with Gasteiger partial charge in [0.2, 0.25) is 0 Å². The van der Waals surface area contributed by atoms with Crippen molar-refractivity contribution in [2.75, 3.05) is 79.8 Å². The van der Waals surface area contributed by atoms with E-state index in [2.05, 4.69) is 24.7 Å². The molecule has 29 N–H and O–H groups in total. The van der Waals surface area contributed by atoms with E-state index in [0.29, 0.717) is 87.5 Å². The average molecular weight is 1890 g/mol. The maximum absolute atomic E-state index is 10.1. The van der Waals surface area contributed by atoms with Crippen LogP contribution in [0.15, 0.2) is 53.7 Å². The standard InChI is InChI=1S/C16H24O7.C13H25NO5.C13H18O5.C11H22O5.C8H17NO4.C8H16O5.C8H16O4S.C8H14O4S/c1-22-13-6-9(3-5-11(13)18)2-4-10(17)7-14-16(21)15(20)12(19)8-23-14;1-3-4-5-6-19-14-9(2)7-11-13(17)12(16)10(15)8-18-11;14-10-8-18-13(12(16)11(10)15)17-7-6-9-4-2-1-3-5-9;1-3-4-15-7(2)5-9-11(14)10(13)8(12)6-16-9;2*1-4(9)2-6-8(12)7(11)5(10)3-13-6;2*1-4(13)2-6-8(11)7(10)5(9)3-12-6/h3,5-6,10,12,14-21H,2,4,7-8H2,1H3;10-13,15-17H,3-8H2,1-2H3;1-5,10-16H,6-8H2;7-14H,3-6H2,1-2H3;4-8,10-12H,2-3,9H2,1H3;4-12H,2-3H2,1H3;4-11,13H,2-3H2,1H3;5-11H,2-3H2,1H3/b;14-9+;;;;;;/t10?,12-,14?,15+,16+;10-,11+,12+,13+;10-,11+,12-,13?;7?,8-,9+,10+,11+;3*4?,5-,6+,7+,8+;5-,6+,7+,8+/m11111111/s1. The van der Waals surface area contributed by atoms with Gasteiger partial charge in [0, 0.05) is 50.0 Å². The number of phenols is 1. The lowest BCUT2D eigenvalue weighted by atomic mass is 9.94. The fourth-order valence-electron chi connectivity index (χ4n) is 13.9. The number of methoxy groups -OCH3 is 1. The Labute approximate surface area is 759 Å². The van der Waals surface area contributed by atoms with E-state index >= 15 is 0 Å². The Hall–Kier alpha value is -3.53. The highest BCUT2D eigenvalue weighted by Crippen LogP contribution is 2.30. The molecular weight excluding hydrogens is 1740 g/mol. The van der Waals surface area contributed by atoms with Crippen molar-refractivity contribution in [3.8, 4) is 11.5 Å². The first-order valence-electron chi connectivity index (χ1n) is 43.6. The van der Waals surface area contributed by atoms with Gasteiger partial charge < -0.3 is 201 Å². The lowest BCUT2D eigenvalue weighted by Gasteiger charge is -2.36. The van der Waals surface area contributed by atoms with Crippen LogP contribution in [0.1, 0.15) is 144 Å². The van der Waals surface area contributed by atoms with E-state index in [4.69, 9.17) is 100 Å². The number of oxime groups is 1. The molecule has 43 heteroatoms. The number of aliphatic hydroxyl groups excluding tert-OH is 26. The zero-order valence-electron chi connectivity index (χ0n) is 74.5. The monoisotopic (exact) mass is 1890 g/mol. The van der Waals surface area contributed by atoms with Crippen LogP contribution in [0.2, 0.25) is 0 Å². The summed E-state index contributed by atoms with van der Waals surface area (Å²) in [6.07, 6.45) is -23.7.